The lowest BCUT2D eigenvalue weighted by atomic mass is 10.2. The van der Waals surface area contributed by atoms with Gasteiger partial charge >= 0.3 is 0 Å². The molecule has 0 aliphatic carbocycles. The minimum absolute atomic E-state index is 0.189. The highest BCUT2D eigenvalue weighted by Crippen LogP contribution is 2.20. The SMILES string of the molecule is C=CCNC(=O)[C@H](C)Oc1ccc(-c2nnco2)cc1. The van der Waals surface area contributed by atoms with Crippen LogP contribution in [0.5, 0.6) is 5.75 Å². The molecule has 0 fully saturated rings. The number of amides is 1. The number of aromatic nitrogens is 2. The number of carbonyl (C=O) groups is 1. The third kappa shape index (κ3) is 3.44. The normalized spacial score (nSPS) is 11.7. The maximum atomic E-state index is 11.6. The highest BCUT2D eigenvalue weighted by Gasteiger charge is 2.13. The molecule has 0 aliphatic rings. The van der Waals surface area contributed by atoms with Gasteiger partial charge in [-0.15, -0.1) is 16.8 Å². The van der Waals surface area contributed by atoms with Gasteiger partial charge in [0.1, 0.15) is 5.75 Å². The van der Waals surface area contributed by atoms with Crippen LogP contribution in [0.3, 0.4) is 0 Å². The monoisotopic (exact) mass is 273 g/mol. The van der Waals surface area contributed by atoms with Crippen molar-refractivity contribution >= 4 is 5.91 Å². The molecule has 0 saturated heterocycles. The fraction of sp³-hybridized carbons (Fsp3) is 0.214. The fourth-order valence-electron chi connectivity index (χ4n) is 1.55. The van der Waals surface area contributed by atoms with Gasteiger partial charge in [0.2, 0.25) is 12.3 Å². The molecule has 0 saturated carbocycles. The Balaban J connectivity index is 1.97. The Labute approximate surface area is 116 Å². The third-order valence-corrected chi connectivity index (χ3v) is 2.56. The Bertz CT molecular complexity index is 564. The minimum atomic E-state index is -0.579. The lowest BCUT2D eigenvalue weighted by Crippen LogP contribution is -2.36. The van der Waals surface area contributed by atoms with Crippen molar-refractivity contribution in [1.82, 2.24) is 15.5 Å². The number of carbonyl (C=O) groups excluding carboxylic acids is 1. The van der Waals surface area contributed by atoms with Gasteiger partial charge in [-0.25, -0.2) is 0 Å². The van der Waals surface area contributed by atoms with Gasteiger partial charge in [0.25, 0.3) is 5.91 Å². The van der Waals surface area contributed by atoms with Crippen molar-refractivity contribution in [3.63, 3.8) is 0 Å². The summed E-state index contributed by atoms with van der Waals surface area (Å²) in [6, 6.07) is 7.07. The molecule has 0 aliphatic heterocycles. The van der Waals surface area contributed by atoms with Crippen LogP contribution < -0.4 is 10.1 Å². The van der Waals surface area contributed by atoms with Gasteiger partial charge in [-0.3, -0.25) is 4.79 Å². The second kappa shape index (κ2) is 6.51. The lowest BCUT2D eigenvalue weighted by molar-refractivity contribution is -0.127. The molecule has 0 unspecified atom stereocenters. The van der Waals surface area contributed by atoms with Gasteiger partial charge in [-0.1, -0.05) is 6.08 Å². The van der Waals surface area contributed by atoms with E-state index in [4.69, 9.17) is 9.15 Å². The molecule has 0 bridgehead atoms. The highest BCUT2D eigenvalue weighted by molar-refractivity contribution is 5.80. The summed E-state index contributed by atoms with van der Waals surface area (Å²) in [6.07, 6.45) is 2.31. The van der Waals surface area contributed by atoms with Crippen molar-refractivity contribution in [3.8, 4) is 17.2 Å². The van der Waals surface area contributed by atoms with E-state index in [1.165, 1.54) is 6.39 Å². The van der Waals surface area contributed by atoms with Crippen LogP contribution in [-0.2, 0) is 4.79 Å². The molecule has 6 nitrogen and oxygen atoms in total. The molecule has 20 heavy (non-hydrogen) atoms. The topological polar surface area (TPSA) is 77.2 Å². The Hall–Kier alpha value is -2.63. The van der Waals surface area contributed by atoms with Gasteiger partial charge in [0.05, 0.1) is 0 Å². The Morgan fingerprint density at radius 2 is 2.25 bits per heavy atom. The first-order valence-electron chi connectivity index (χ1n) is 6.12. The zero-order valence-electron chi connectivity index (χ0n) is 11.1. The van der Waals surface area contributed by atoms with Crippen LogP contribution in [0.2, 0.25) is 0 Å². The van der Waals surface area contributed by atoms with E-state index in [0.717, 1.165) is 5.56 Å². The molecular formula is C14H15N3O3. The Morgan fingerprint density at radius 1 is 1.50 bits per heavy atom. The van der Waals surface area contributed by atoms with Crippen LogP contribution in [0.15, 0.2) is 47.7 Å². The van der Waals surface area contributed by atoms with E-state index in [1.807, 2.05) is 0 Å². The number of nitrogens with zero attached hydrogens (tertiary/aromatic N) is 2. The summed E-state index contributed by atoms with van der Waals surface area (Å²) in [5.74, 6) is 0.841. The van der Waals surface area contributed by atoms with Gasteiger partial charge in [0, 0.05) is 12.1 Å². The number of nitrogens with one attached hydrogen (secondary N) is 1. The van der Waals surface area contributed by atoms with E-state index >= 15 is 0 Å². The molecule has 2 rings (SSSR count). The summed E-state index contributed by atoms with van der Waals surface area (Å²) in [5, 5.41) is 10.1. The molecule has 1 amide bonds. The zero-order chi connectivity index (χ0) is 14.4. The second-order valence-corrected chi connectivity index (χ2v) is 4.06. The standard InChI is InChI=1S/C14H15N3O3/c1-3-8-15-13(18)10(2)20-12-6-4-11(5-7-12)14-17-16-9-19-14/h3-7,9-10H,1,8H2,2H3,(H,15,18)/t10-/m0/s1. The van der Waals surface area contributed by atoms with Gasteiger partial charge in [-0.2, -0.15) is 0 Å². The summed E-state index contributed by atoms with van der Waals surface area (Å²) in [5.41, 5.74) is 0.790. The van der Waals surface area contributed by atoms with E-state index in [2.05, 4.69) is 22.1 Å². The van der Waals surface area contributed by atoms with E-state index in [9.17, 15) is 4.79 Å². The lowest BCUT2D eigenvalue weighted by Gasteiger charge is -2.14. The minimum Gasteiger partial charge on any atom is -0.481 e. The van der Waals surface area contributed by atoms with Crippen LogP contribution in [0.4, 0.5) is 0 Å². The summed E-state index contributed by atoms with van der Waals surface area (Å²) in [4.78, 5) is 11.6. The molecule has 1 aromatic heterocycles. The first-order valence-corrected chi connectivity index (χ1v) is 6.12. The average Bonchev–Trinajstić information content (AvgIpc) is 2.99. The van der Waals surface area contributed by atoms with Gasteiger partial charge in [0.15, 0.2) is 6.10 Å². The average molecular weight is 273 g/mol. The largest absolute Gasteiger partial charge is 0.481 e. The smallest absolute Gasteiger partial charge is 0.261 e. The van der Waals surface area contributed by atoms with Crippen molar-refractivity contribution in [2.45, 2.75) is 13.0 Å². The third-order valence-electron chi connectivity index (χ3n) is 2.56. The predicted molar refractivity (Wildman–Crippen MR) is 73.0 cm³/mol. The fourth-order valence-corrected chi connectivity index (χ4v) is 1.55. The summed E-state index contributed by atoms with van der Waals surface area (Å²) >= 11 is 0. The first-order chi connectivity index (χ1) is 9.70. The number of hydrogen-bond donors (Lipinski definition) is 1. The quantitative estimate of drug-likeness (QED) is 0.812. The summed E-state index contributed by atoms with van der Waals surface area (Å²) in [6.45, 7) is 5.64. The Kier molecular flexibility index (Phi) is 4.49. The molecule has 0 spiro atoms. The first kappa shape index (κ1) is 13.8. The summed E-state index contributed by atoms with van der Waals surface area (Å²) < 4.78 is 10.6. The molecule has 6 heteroatoms. The number of hydrogen-bond acceptors (Lipinski definition) is 5. The van der Waals surface area contributed by atoms with Crippen LogP contribution >= 0.6 is 0 Å². The van der Waals surface area contributed by atoms with Crippen molar-refractivity contribution in [2.24, 2.45) is 0 Å². The predicted octanol–water partition coefficient (Wildman–Crippen LogP) is 1.81. The van der Waals surface area contributed by atoms with Crippen molar-refractivity contribution in [1.29, 1.82) is 0 Å². The molecule has 1 N–H and O–H groups in total. The highest BCUT2D eigenvalue weighted by atomic mass is 16.5. The van der Waals surface area contributed by atoms with Crippen molar-refractivity contribution in [2.75, 3.05) is 6.54 Å². The van der Waals surface area contributed by atoms with Crippen LogP contribution in [-0.4, -0.2) is 28.8 Å². The van der Waals surface area contributed by atoms with E-state index in [0.29, 0.717) is 18.2 Å². The van der Waals surface area contributed by atoms with Gasteiger partial charge < -0.3 is 14.5 Å². The Morgan fingerprint density at radius 3 is 2.85 bits per heavy atom. The van der Waals surface area contributed by atoms with E-state index in [1.54, 1.807) is 37.3 Å². The molecule has 1 atom stereocenters. The molecule has 0 radical (unpaired) electrons. The van der Waals surface area contributed by atoms with Crippen LogP contribution in [0, 0.1) is 0 Å². The van der Waals surface area contributed by atoms with Crippen LogP contribution in [0.1, 0.15) is 6.92 Å². The number of ether oxygens (including phenoxy) is 1. The maximum Gasteiger partial charge on any atom is 0.261 e. The number of benzene rings is 1. The van der Waals surface area contributed by atoms with Crippen molar-refractivity contribution < 1.29 is 13.9 Å². The second-order valence-electron chi connectivity index (χ2n) is 4.06. The van der Waals surface area contributed by atoms with Crippen LogP contribution in [0.25, 0.3) is 11.5 Å². The van der Waals surface area contributed by atoms with E-state index < -0.39 is 6.10 Å². The zero-order valence-corrected chi connectivity index (χ0v) is 11.1. The molecule has 1 aromatic carbocycles. The van der Waals surface area contributed by atoms with Crippen molar-refractivity contribution in [3.05, 3.63) is 43.3 Å². The van der Waals surface area contributed by atoms with Gasteiger partial charge in [-0.05, 0) is 31.2 Å². The molecule has 104 valence electrons. The molecule has 1 heterocycles. The molecule has 2 aromatic rings. The number of rotatable bonds is 6. The van der Waals surface area contributed by atoms with E-state index in [-0.39, 0.29) is 5.91 Å². The summed E-state index contributed by atoms with van der Waals surface area (Å²) in [7, 11) is 0. The maximum absolute atomic E-state index is 11.6. The molecular weight excluding hydrogens is 258 g/mol.